The van der Waals surface area contributed by atoms with Gasteiger partial charge in [-0.1, -0.05) is 18.2 Å². The Morgan fingerprint density at radius 2 is 1.88 bits per heavy atom. The summed E-state index contributed by atoms with van der Waals surface area (Å²) in [6.45, 7) is 0. The Morgan fingerprint density at radius 1 is 1.25 bits per heavy atom. The highest BCUT2D eigenvalue weighted by molar-refractivity contribution is 6.18. The van der Waals surface area contributed by atoms with Gasteiger partial charge in [0.15, 0.2) is 0 Å². The zero-order valence-electron chi connectivity index (χ0n) is 7.84. The van der Waals surface area contributed by atoms with Crippen molar-refractivity contribution >= 4 is 17.4 Å². The fraction of sp³-hybridized carbons (Fsp3) is 0.200. The van der Waals surface area contributed by atoms with Gasteiger partial charge in [0.25, 0.3) is 5.78 Å². The summed E-state index contributed by atoms with van der Waals surface area (Å²) in [6.07, 6.45) is -5.00. The lowest BCUT2D eigenvalue weighted by Crippen LogP contribution is -2.32. The molecule has 0 spiro atoms. The van der Waals surface area contributed by atoms with Crippen LogP contribution < -0.4 is 5.32 Å². The van der Waals surface area contributed by atoms with E-state index in [1.54, 1.807) is 6.07 Å². The molecule has 1 aromatic carbocycles. The number of anilines is 1. The minimum absolute atomic E-state index is 0.0785. The number of carbonyl (C=O) groups excluding carboxylic acids is 2. The number of Topliss-reactive ketones (excluding diaryl/α,β-unsaturated/α-hetero) is 1. The Bertz CT molecular complexity index is 467. The molecule has 1 heterocycles. The second kappa shape index (κ2) is 3.33. The molecule has 0 unspecified atom stereocenters. The number of amides is 1. The molecular formula is C10H6F3NO2. The average Bonchev–Trinajstić information content (AvgIpc) is 2.51. The van der Waals surface area contributed by atoms with Crippen LogP contribution in [-0.2, 0) is 9.59 Å². The van der Waals surface area contributed by atoms with Crippen molar-refractivity contribution in [3.05, 3.63) is 29.8 Å². The lowest BCUT2D eigenvalue weighted by molar-refractivity contribution is -0.173. The van der Waals surface area contributed by atoms with E-state index in [1.807, 2.05) is 0 Å². The summed E-state index contributed by atoms with van der Waals surface area (Å²) >= 11 is 0. The number of ketones is 1. The second-order valence-corrected chi connectivity index (χ2v) is 3.37. The average molecular weight is 229 g/mol. The molecule has 0 aromatic heterocycles. The molecule has 1 aliphatic heterocycles. The molecule has 1 aromatic rings. The Morgan fingerprint density at radius 3 is 2.50 bits per heavy atom. The van der Waals surface area contributed by atoms with Crippen LogP contribution in [0.2, 0.25) is 0 Å². The molecule has 0 fully saturated rings. The van der Waals surface area contributed by atoms with Crippen molar-refractivity contribution in [2.24, 2.45) is 0 Å². The minimum Gasteiger partial charge on any atom is -0.325 e. The predicted molar refractivity (Wildman–Crippen MR) is 48.9 cm³/mol. The van der Waals surface area contributed by atoms with E-state index in [-0.39, 0.29) is 11.3 Å². The molecule has 0 aliphatic carbocycles. The van der Waals surface area contributed by atoms with Crippen molar-refractivity contribution in [1.82, 2.24) is 0 Å². The molecule has 0 saturated carbocycles. The molecule has 16 heavy (non-hydrogen) atoms. The van der Waals surface area contributed by atoms with Gasteiger partial charge in [-0.15, -0.1) is 0 Å². The molecule has 6 heteroatoms. The number of halogens is 3. The van der Waals surface area contributed by atoms with E-state index >= 15 is 0 Å². The summed E-state index contributed by atoms with van der Waals surface area (Å²) in [5.41, 5.74) is 0.338. The van der Waals surface area contributed by atoms with Crippen molar-refractivity contribution in [2.45, 2.75) is 12.1 Å². The number of nitrogens with one attached hydrogen (secondary N) is 1. The predicted octanol–water partition coefficient (Wildman–Crippen LogP) is 1.85. The second-order valence-electron chi connectivity index (χ2n) is 3.37. The van der Waals surface area contributed by atoms with E-state index in [2.05, 4.69) is 5.32 Å². The number of alkyl halides is 3. The van der Waals surface area contributed by atoms with E-state index in [1.165, 1.54) is 18.2 Å². The van der Waals surface area contributed by atoms with Gasteiger partial charge in [0.1, 0.15) is 5.92 Å². The number of hydrogen-bond acceptors (Lipinski definition) is 2. The van der Waals surface area contributed by atoms with Gasteiger partial charge in [0.2, 0.25) is 5.91 Å². The zero-order valence-corrected chi connectivity index (χ0v) is 7.84. The highest BCUT2D eigenvalue weighted by Gasteiger charge is 2.49. The van der Waals surface area contributed by atoms with Gasteiger partial charge in [-0.3, -0.25) is 9.59 Å². The standard InChI is InChI=1S/C10H6F3NO2/c11-10(12,13)8(15)7-5-3-1-2-4-6(5)14-9(7)16/h1-4,7H,(H,14,16)/t7-/m1/s1. The quantitative estimate of drug-likeness (QED) is 0.747. The van der Waals surface area contributed by atoms with Gasteiger partial charge in [0.05, 0.1) is 0 Å². The first-order valence-corrected chi connectivity index (χ1v) is 4.42. The lowest BCUT2D eigenvalue weighted by atomic mass is 9.96. The van der Waals surface area contributed by atoms with Crippen molar-refractivity contribution < 1.29 is 22.8 Å². The number of carbonyl (C=O) groups is 2. The first kappa shape index (κ1) is 10.7. The van der Waals surface area contributed by atoms with Crippen LogP contribution in [0, 0.1) is 0 Å². The van der Waals surface area contributed by atoms with Gasteiger partial charge in [-0.25, -0.2) is 0 Å². The highest BCUT2D eigenvalue weighted by atomic mass is 19.4. The molecule has 1 N–H and O–H groups in total. The van der Waals surface area contributed by atoms with Crippen LogP contribution in [0.3, 0.4) is 0 Å². The van der Waals surface area contributed by atoms with E-state index < -0.39 is 23.8 Å². The van der Waals surface area contributed by atoms with Gasteiger partial charge in [-0.05, 0) is 11.6 Å². The third-order valence-corrected chi connectivity index (χ3v) is 2.33. The minimum atomic E-state index is -5.00. The highest BCUT2D eigenvalue weighted by Crippen LogP contribution is 2.36. The SMILES string of the molecule is O=C1Nc2ccccc2[C@@H]1C(=O)C(F)(F)F. The summed E-state index contributed by atoms with van der Waals surface area (Å²) in [5.74, 6) is -4.73. The summed E-state index contributed by atoms with van der Waals surface area (Å²) in [7, 11) is 0. The molecule has 0 bridgehead atoms. The van der Waals surface area contributed by atoms with E-state index in [4.69, 9.17) is 0 Å². The van der Waals surface area contributed by atoms with Crippen molar-refractivity contribution in [1.29, 1.82) is 0 Å². The van der Waals surface area contributed by atoms with Crippen LogP contribution >= 0.6 is 0 Å². The van der Waals surface area contributed by atoms with Gasteiger partial charge >= 0.3 is 6.18 Å². The molecule has 1 amide bonds. The van der Waals surface area contributed by atoms with E-state index in [0.29, 0.717) is 0 Å². The molecule has 1 atom stereocenters. The Hall–Kier alpha value is -1.85. The van der Waals surface area contributed by atoms with Crippen molar-refractivity contribution in [3.8, 4) is 0 Å². The molecule has 84 valence electrons. The zero-order chi connectivity index (χ0) is 11.9. The summed E-state index contributed by atoms with van der Waals surface area (Å²) < 4.78 is 36.7. The number of hydrogen-bond donors (Lipinski definition) is 1. The van der Waals surface area contributed by atoms with Crippen LogP contribution in [-0.4, -0.2) is 17.9 Å². The Labute approximate surface area is 88.3 Å². The fourth-order valence-corrected chi connectivity index (χ4v) is 1.63. The van der Waals surface area contributed by atoms with Crippen molar-refractivity contribution in [3.63, 3.8) is 0 Å². The largest absolute Gasteiger partial charge is 0.451 e. The molecule has 1 aliphatic rings. The third-order valence-electron chi connectivity index (χ3n) is 2.33. The lowest BCUT2D eigenvalue weighted by Gasteiger charge is -2.10. The molecular weight excluding hydrogens is 223 g/mol. The normalized spacial score (nSPS) is 19.2. The summed E-state index contributed by atoms with van der Waals surface area (Å²) in [5, 5.41) is 2.24. The fourth-order valence-electron chi connectivity index (χ4n) is 1.63. The monoisotopic (exact) mass is 229 g/mol. The van der Waals surface area contributed by atoms with Crippen LogP contribution in [0.4, 0.5) is 18.9 Å². The van der Waals surface area contributed by atoms with Crippen LogP contribution in [0.1, 0.15) is 11.5 Å². The van der Waals surface area contributed by atoms with Crippen LogP contribution in [0.25, 0.3) is 0 Å². The molecule has 3 nitrogen and oxygen atoms in total. The smallest absolute Gasteiger partial charge is 0.325 e. The maximum absolute atomic E-state index is 12.2. The maximum atomic E-state index is 12.2. The third kappa shape index (κ3) is 1.56. The van der Waals surface area contributed by atoms with Crippen LogP contribution in [0.5, 0.6) is 0 Å². The molecule has 0 radical (unpaired) electrons. The Balaban J connectivity index is 2.44. The first-order valence-electron chi connectivity index (χ1n) is 4.42. The molecule has 2 rings (SSSR count). The number of benzene rings is 1. The van der Waals surface area contributed by atoms with Crippen LogP contribution in [0.15, 0.2) is 24.3 Å². The number of fused-ring (bicyclic) bond motifs is 1. The molecule has 0 saturated heterocycles. The Kier molecular flexibility index (Phi) is 2.22. The summed E-state index contributed by atoms with van der Waals surface area (Å²) in [6, 6.07) is 5.84. The topological polar surface area (TPSA) is 46.2 Å². The number of para-hydroxylation sites is 1. The van der Waals surface area contributed by atoms with Gasteiger partial charge < -0.3 is 5.32 Å². The van der Waals surface area contributed by atoms with E-state index in [9.17, 15) is 22.8 Å². The number of rotatable bonds is 1. The van der Waals surface area contributed by atoms with Crippen molar-refractivity contribution in [2.75, 3.05) is 5.32 Å². The maximum Gasteiger partial charge on any atom is 0.451 e. The summed E-state index contributed by atoms with van der Waals surface area (Å²) in [4.78, 5) is 22.3. The first-order chi connectivity index (χ1) is 7.41. The van der Waals surface area contributed by atoms with Gasteiger partial charge in [0, 0.05) is 5.69 Å². The van der Waals surface area contributed by atoms with E-state index in [0.717, 1.165) is 0 Å². The van der Waals surface area contributed by atoms with Gasteiger partial charge in [-0.2, -0.15) is 13.2 Å².